The van der Waals surface area contributed by atoms with Crippen LogP contribution in [0.25, 0.3) is 0 Å². The number of benzene rings is 1. The van der Waals surface area contributed by atoms with E-state index >= 15 is 0 Å². The lowest BCUT2D eigenvalue weighted by atomic mass is 9.96. The fraction of sp³-hybridized carbons (Fsp3) is 0.588. The van der Waals surface area contributed by atoms with Gasteiger partial charge in [-0.05, 0) is 37.0 Å². The van der Waals surface area contributed by atoms with Crippen LogP contribution in [0, 0.1) is 0 Å². The van der Waals surface area contributed by atoms with Gasteiger partial charge in [-0.1, -0.05) is 49.6 Å². The first-order valence-corrected chi connectivity index (χ1v) is 8.34. The van der Waals surface area contributed by atoms with Crippen LogP contribution in [0.15, 0.2) is 30.3 Å². The topological polar surface area (TPSA) is 15.3 Å². The zero-order chi connectivity index (χ0) is 13.8. The van der Waals surface area contributed by atoms with E-state index < -0.39 is 0 Å². The van der Waals surface area contributed by atoms with Crippen molar-refractivity contribution >= 4 is 17.3 Å². The molecule has 2 nitrogen and oxygen atoms in total. The molecule has 0 aromatic heterocycles. The number of likely N-dealkylation sites (tertiary alicyclic amines) is 1. The van der Waals surface area contributed by atoms with Gasteiger partial charge in [-0.2, -0.15) is 0 Å². The Labute approximate surface area is 127 Å². The van der Waals surface area contributed by atoms with Crippen LogP contribution in [-0.2, 0) is 0 Å². The highest BCUT2D eigenvalue weighted by atomic mass is 32.1. The second-order valence-electron chi connectivity index (χ2n) is 6.13. The number of rotatable bonds is 2. The average molecular weight is 288 g/mol. The summed E-state index contributed by atoms with van der Waals surface area (Å²) in [5, 5.41) is 4.57. The van der Waals surface area contributed by atoms with Crippen LogP contribution in [0.5, 0.6) is 0 Å². The van der Waals surface area contributed by atoms with Crippen LogP contribution in [0.1, 0.15) is 50.0 Å². The van der Waals surface area contributed by atoms with Gasteiger partial charge in [-0.25, -0.2) is 0 Å². The Bertz CT molecular complexity index is 440. The molecule has 3 heteroatoms. The van der Waals surface area contributed by atoms with Crippen LogP contribution in [0.4, 0.5) is 0 Å². The highest BCUT2D eigenvalue weighted by Gasteiger charge is 2.26. The summed E-state index contributed by atoms with van der Waals surface area (Å²) in [7, 11) is 0. The summed E-state index contributed by atoms with van der Waals surface area (Å²) in [6.07, 6.45) is 7.90. The molecule has 1 saturated heterocycles. The van der Waals surface area contributed by atoms with E-state index in [1.807, 2.05) is 0 Å². The van der Waals surface area contributed by atoms with Crippen molar-refractivity contribution in [2.45, 2.75) is 50.5 Å². The van der Waals surface area contributed by atoms with E-state index in [-0.39, 0.29) is 0 Å². The first kappa shape index (κ1) is 13.9. The SMILES string of the molecule is S=C(NC1CCCCC1)N1CCC(c2ccccc2)C1. The molecule has 1 unspecified atom stereocenters. The predicted octanol–water partition coefficient (Wildman–Crippen LogP) is 3.68. The number of nitrogens with zero attached hydrogens (tertiary/aromatic N) is 1. The van der Waals surface area contributed by atoms with Gasteiger partial charge >= 0.3 is 0 Å². The van der Waals surface area contributed by atoms with Gasteiger partial charge in [0.2, 0.25) is 0 Å². The third kappa shape index (κ3) is 3.32. The Balaban J connectivity index is 1.53. The minimum absolute atomic E-state index is 0.618. The second kappa shape index (κ2) is 6.57. The standard InChI is InChI=1S/C17H24N2S/c20-17(18-16-9-5-2-6-10-16)19-12-11-15(13-19)14-7-3-1-4-8-14/h1,3-4,7-8,15-16H,2,5-6,9-13H2,(H,18,20). The van der Waals surface area contributed by atoms with E-state index in [0.29, 0.717) is 12.0 Å². The molecular formula is C17H24N2S. The van der Waals surface area contributed by atoms with E-state index in [1.54, 1.807) is 0 Å². The lowest BCUT2D eigenvalue weighted by Gasteiger charge is -2.28. The molecule has 0 bridgehead atoms. The quantitative estimate of drug-likeness (QED) is 0.836. The molecule has 0 radical (unpaired) electrons. The summed E-state index contributed by atoms with van der Waals surface area (Å²) in [6, 6.07) is 11.5. The molecule has 1 aliphatic carbocycles. The van der Waals surface area contributed by atoms with Gasteiger partial charge in [0.25, 0.3) is 0 Å². The van der Waals surface area contributed by atoms with Gasteiger partial charge < -0.3 is 10.2 Å². The summed E-state index contributed by atoms with van der Waals surface area (Å²) >= 11 is 5.61. The van der Waals surface area contributed by atoms with Crippen molar-refractivity contribution in [1.82, 2.24) is 10.2 Å². The maximum atomic E-state index is 5.61. The molecule has 2 aliphatic rings. The molecule has 2 fully saturated rings. The Hall–Kier alpha value is -1.09. The molecular weight excluding hydrogens is 264 g/mol. The molecule has 20 heavy (non-hydrogen) atoms. The third-order valence-electron chi connectivity index (χ3n) is 4.68. The van der Waals surface area contributed by atoms with Crippen molar-refractivity contribution in [3.8, 4) is 0 Å². The minimum atomic E-state index is 0.618. The largest absolute Gasteiger partial charge is 0.360 e. The summed E-state index contributed by atoms with van der Waals surface area (Å²) in [5.41, 5.74) is 1.45. The van der Waals surface area contributed by atoms with E-state index in [0.717, 1.165) is 18.2 Å². The fourth-order valence-electron chi connectivity index (χ4n) is 3.45. The molecule has 1 aromatic rings. The first-order valence-electron chi connectivity index (χ1n) is 7.93. The van der Waals surface area contributed by atoms with Gasteiger partial charge in [0.1, 0.15) is 0 Å². The maximum absolute atomic E-state index is 5.61. The summed E-state index contributed by atoms with van der Waals surface area (Å²) in [4.78, 5) is 2.36. The molecule has 1 heterocycles. The summed E-state index contributed by atoms with van der Waals surface area (Å²) < 4.78 is 0. The molecule has 3 rings (SSSR count). The maximum Gasteiger partial charge on any atom is 0.169 e. The second-order valence-corrected chi connectivity index (χ2v) is 6.51. The summed E-state index contributed by atoms with van der Waals surface area (Å²) in [5.74, 6) is 0.641. The van der Waals surface area contributed by atoms with Gasteiger partial charge in [0.15, 0.2) is 5.11 Å². The third-order valence-corrected chi connectivity index (χ3v) is 5.06. The smallest absolute Gasteiger partial charge is 0.169 e. The molecule has 1 N–H and O–H groups in total. The van der Waals surface area contributed by atoms with Crippen molar-refractivity contribution in [3.63, 3.8) is 0 Å². The van der Waals surface area contributed by atoms with Gasteiger partial charge in [0, 0.05) is 25.0 Å². The predicted molar refractivity (Wildman–Crippen MR) is 88.0 cm³/mol. The average Bonchev–Trinajstić information content (AvgIpc) is 2.99. The lowest BCUT2D eigenvalue weighted by molar-refractivity contribution is 0.394. The lowest BCUT2D eigenvalue weighted by Crippen LogP contribution is -2.44. The van der Waals surface area contributed by atoms with E-state index in [4.69, 9.17) is 12.2 Å². The highest BCUT2D eigenvalue weighted by Crippen LogP contribution is 2.27. The monoisotopic (exact) mass is 288 g/mol. The zero-order valence-electron chi connectivity index (χ0n) is 12.1. The number of thiocarbonyl (C=S) groups is 1. The summed E-state index contributed by atoms with van der Waals surface area (Å²) in [6.45, 7) is 2.17. The van der Waals surface area contributed by atoms with Gasteiger partial charge in [-0.3, -0.25) is 0 Å². The zero-order valence-corrected chi connectivity index (χ0v) is 12.9. The molecule has 1 aromatic carbocycles. The number of hydrogen-bond acceptors (Lipinski definition) is 1. The van der Waals surface area contributed by atoms with E-state index in [9.17, 15) is 0 Å². The van der Waals surface area contributed by atoms with Crippen LogP contribution >= 0.6 is 12.2 Å². The highest BCUT2D eigenvalue weighted by molar-refractivity contribution is 7.80. The number of hydrogen-bond donors (Lipinski definition) is 1. The Morgan fingerprint density at radius 2 is 1.80 bits per heavy atom. The molecule has 108 valence electrons. The number of nitrogens with one attached hydrogen (secondary N) is 1. The van der Waals surface area contributed by atoms with Crippen molar-refractivity contribution < 1.29 is 0 Å². The van der Waals surface area contributed by atoms with Crippen molar-refractivity contribution in [2.75, 3.05) is 13.1 Å². The van der Waals surface area contributed by atoms with Crippen LogP contribution in [0.2, 0.25) is 0 Å². The van der Waals surface area contributed by atoms with Crippen LogP contribution in [-0.4, -0.2) is 29.1 Å². The van der Waals surface area contributed by atoms with Crippen LogP contribution in [0.3, 0.4) is 0 Å². The fourth-order valence-corrected chi connectivity index (χ4v) is 3.79. The molecule has 0 spiro atoms. The normalized spacial score (nSPS) is 23.8. The van der Waals surface area contributed by atoms with Gasteiger partial charge in [-0.15, -0.1) is 0 Å². The molecule has 1 aliphatic heterocycles. The Kier molecular flexibility index (Phi) is 4.56. The van der Waals surface area contributed by atoms with E-state index in [1.165, 1.54) is 44.1 Å². The van der Waals surface area contributed by atoms with E-state index in [2.05, 4.69) is 40.5 Å². The minimum Gasteiger partial charge on any atom is -0.360 e. The molecule has 0 amide bonds. The van der Waals surface area contributed by atoms with Crippen molar-refractivity contribution in [2.24, 2.45) is 0 Å². The Morgan fingerprint density at radius 3 is 2.55 bits per heavy atom. The van der Waals surface area contributed by atoms with Gasteiger partial charge in [0.05, 0.1) is 0 Å². The van der Waals surface area contributed by atoms with Crippen LogP contribution < -0.4 is 5.32 Å². The first-order chi connectivity index (χ1) is 9.83. The Morgan fingerprint density at radius 1 is 1.05 bits per heavy atom. The van der Waals surface area contributed by atoms with Crippen molar-refractivity contribution in [3.05, 3.63) is 35.9 Å². The molecule has 1 atom stereocenters. The molecule has 1 saturated carbocycles. The van der Waals surface area contributed by atoms with Crippen molar-refractivity contribution in [1.29, 1.82) is 0 Å².